The van der Waals surface area contributed by atoms with Crippen molar-refractivity contribution in [3.05, 3.63) is 66.2 Å². The fourth-order valence-electron chi connectivity index (χ4n) is 2.15. The molecule has 2 N–H and O–H groups in total. The van der Waals surface area contributed by atoms with E-state index >= 15 is 0 Å². The Bertz CT molecular complexity index is 656. The first kappa shape index (κ1) is 10.8. The van der Waals surface area contributed by atoms with Crippen LogP contribution in [0.3, 0.4) is 0 Å². The Kier molecular flexibility index (Phi) is 2.73. The molecular weight excluding hydrogens is 222 g/mol. The predicted octanol–water partition coefficient (Wildman–Crippen LogP) is 2.70. The fourth-order valence-corrected chi connectivity index (χ4v) is 2.15. The van der Waals surface area contributed by atoms with Crippen molar-refractivity contribution >= 4 is 11.2 Å². The van der Waals surface area contributed by atoms with Crippen LogP contribution in [0, 0.1) is 0 Å². The molecule has 3 aromatic rings. The number of hydrogen-bond donors (Lipinski definition) is 1. The molecule has 0 aliphatic carbocycles. The van der Waals surface area contributed by atoms with Gasteiger partial charge in [-0.1, -0.05) is 30.3 Å². The van der Waals surface area contributed by atoms with E-state index in [1.165, 1.54) is 5.56 Å². The second-order valence-corrected chi connectivity index (χ2v) is 4.42. The minimum Gasteiger partial charge on any atom is -0.398 e. The molecule has 3 rings (SSSR count). The Morgan fingerprint density at radius 3 is 2.67 bits per heavy atom. The van der Waals surface area contributed by atoms with Gasteiger partial charge in [0.25, 0.3) is 0 Å². The number of hydrogen-bond acceptors (Lipinski definition) is 2. The number of fused-ring (bicyclic) bond motifs is 1. The number of nitrogens with two attached hydrogens (primary N) is 1. The molecule has 0 saturated heterocycles. The van der Waals surface area contributed by atoms with Crippen LogP contribution in [0.2, 0.25) is 0 Å². The second kappa shape index (κ2) is 4.53. The summed E-state index contributed by atoms with van der Waals surface area (Å²) in [6.45, 7) is 0. The molecule has 18 heavy (non-hydrogen) atoms. The maximum absolute atomic E-state index is 5.81. The molecule has 3 heteroatoms. The van der Waals surface area contributed by atoms with Crippen molar-refractivity contribution in [1.82, 2.24) is 9.38 Å². The van der Waals surface area contributed by atoms with E-state index in [0.29, 0.717) is 0 Å². The van der Waals surface area contributed by atoms with E-state index in [2.05, 4.69) is 33.7 Å². The summed E-state index contributed by atoms with van der Waals surface area (Å²) in [6.07, 6.45) is 5.73. The molecular formula is C15H15N3. The van der Waals surface area contributed by atoms with E-state index in [4.69, 9.17) is 5.73 Å². The average Bonchev–Trinajstić information content (AvgIpc) is 2.80. The highest BCUT2D eigenvalue weighted by atomic mass is 15.0. The molecule has 2 aromatic heterocycles. The molecule has 0 radical (unpaired) electrons. The highest BCUT2D eigenvalue weighted by molar-refractivity contribution is 5.52. The number of pyridine rings is 1. The zero-order chi connectivity index (χ0) is 12.4. The molecule has 90 valence electrons. The molecule has 0 amide bonds. The van der Waals surface area contributed by atoms with Crippen LogP contribution in [0.1, 0.15) is 11.4 Å². The molecule has 0 unspecified atom stereocenters. The maximum atomic E-state index is 5.81. The van der Waals surface area contributed by atoms with E-state index in [1.54, 1.807) is 0 Å². The third-order valence-electron chi connectivity index (χ3n) is 3.11. The summed E-state index contributed by atoms with van der Waals surface area (Å²) in [5, 5.41) is 0. The summed E-state index contributed by atoms with van der Waals surface area (Å²) in [4.78, 5) is 4.46. The Labute approximate surface area is 106 Å². The molecule has 3 nitrogen and oxygen atoms in total. The van der Waals surface area contributed by atoms with E-state index in [0.717, 1.165) is 29.9 Å². The van der Waals surface area contributed by atoms with Crippen LogP contribution in [-0.4, -0.2) is 9.38 Å². The normalized spacial score (nSPS) is 10.9. The first-order chi connectivity index (χ1) is 8.83. The summed E-state index contributed by atoms with van der Waals surface area (Å²) in [5.74, 6) is 1.06. The lowest BCUT2D eigenvalue weighted by molar-refractivity contribution is 0.854. The maximum Gasteiger partial charge on any atom is 0.113 e. The van der Waals surface area contributed by atoms with Gasteiger partial charge in [-0.25, -0.2) is 4.98 Å². The van der Waals surface area contributed by atoms with Crippen LogP contribution in [0.4, 0.5) is 5.69 Å². The first-order valence-corrected chi connectivity index (χ1v) is 6.08. The third kappa shape index (κ3) is 2.07. The molecule has 1 aromatic carbocycles. The average molecular weight is 237 g/mol. The van der Waals surface area contributed by atoms with Crippen molar-refractivity contribution in [3.63, 3.8) is 0 Å². The molecule has 0 aliphatic heterocycles. The lowest BCUT2D eigenvalue weighted by Crippen LogP contribution is -1.99. The van der Waals surface area contributed by atoms with Gasteiger partial charge in [0.2, 0.25) is 0 Å². The highest BCUT2D eigenvalue weighted by Crippen LogP contribution is 2.12. The van der Waals surface area contributed by atoms with Crippen molar-refractivity contribution in [2.75, 3.05) is 5.73 Å². The Morgan fingerprint density at radius 2 is 1.83 bits per heavy atom. The summed E-state index contributed by atoms with van der Waals surface area (Å²) in [6, 6.07) is 14.4. The number of nitrogen functional groups attached to an aromatic ring is 1. The summed E-state index contributed by atoms with van der Waals surface area (Å²) < 4.78 is 2.07. The molecule has 0 bridgehead atoms. The standard InChI is InChI=1S/C15H15N3/c16-13-7-8-14-10-17-15(18(14)11-13)9-6-12-4-2-1-3-5-12/h1-5,7-8,10-11H,6,9,16H2. The van der Waals surface area contributed by atoms with Crippen LogP contribution in [0.5, 0.6) is 0 Å². The van der Waals surface area contributed by atoms with Crippen molar-refractivity contribution < 1.29 is 0 Å². The topological polar surface area (TPSA) is 43.3 Å². The lowest BCUT2D eigenvalue weighted by atomic mass is 10.1. The Balaban J connectivity index is 1.85. The smallest absolute Gasteiger partial charge is 0.113 e. The fraction of sp³-hybridized carbons (Fsp3) is 0.133. The molecule has 2 heterocycles. The van der Waals surface area contributed by atoms with Gasteiger partial charge in [0.1, 0.15) is 5.82 Å². The number of anilines is 1. The van der Waals surface area contributed by atoms with Gasteiger partial charge in [-0.05, 0) is 24.1 Å². The van der Waals surface area contributed by atoms with Crippen LogP contribution < -0.4 is 5.73 Å². The van der Waals surface area contributed by atoms with Crippen molar-refractivity contribution in [1.29, 1.82) is 0 Å². The van der Waals surface area contributed by atoms with E-state index < -0.39 is 0 Å². The van der Waals surface area contributed by atoms with Gasteiger partial charge in [-0.2, -0.15) is 0 Å². The largest absolute Gasteiger partial charge is 0.398 e. The molecule has 0 aliphatic rings. The molecule has 0 saturated carbocycles. The monoisotopic (exact) mass is 237 g/mol. The summed E-state index contributed by atoms with van der Waals surface area (Å²) >= 11 is 0. The van der Waals surface area contributed by atoms with Crippen LogP contribution >= 0.6 is 0 Å². The minimum atomic E-state index is 0.765. The first-order valence-electron chi connectivity index (χ1n) is 6.08. The van der Waals surface area contributed by atoms with Gasteiger partial charge >= 0.3 is 0 Å². The quantitative estimate of drug-likeness (QED) is 0.761. The lowest BCUT2D eigenvalue weighted by Gasteiger charge is -2.03. The van der Waals surface area contributed by atoms with Gasteiger partial charge in [0.15, 0.2) is 0 Å². The third-order valence-corrected chi connectivity index (χ3v) is 3.11. The van der Waals surface area contributed by atoms with Crippen molar-refractivity contribution in [3.8, 4) is 0 Å². The van der Waals surface area contributed by atoms with Gasteiger partial charge in [-0.3, -0.25) is 0 Å². The molecule has 0 spiro atoms. The molecule has 0 atom stereocenters. The second-order valence-electron chi connectivity index (χ2n) is 4.42. The van der Waals surface area contributed by atoms with Gasteiger partial charge in [-0.15, -0.1) is 0 Å². The van der Waals surface area contributed by atoms with Crippen molar-refractivity contribution in [2.24, 2.45) is 0 Å². The number of rotatable bonds is 3. The van der Waals surface area contributed by atoms with Crippen LogP contribution in [0.25, 0.3) is 5.52 Å². The van der Waals surface area contributed by atoms with E-state index in [-0.39, 0.29) is 0 Å². The van der Waals surface area contributed by atoms with Gasteiger partial charge in [0.05, 0.1) is 11.7 Å². The number of benzene rings is 1. The van der Waals surface area contributed by atoms with E-state index in [1.807, 2.05) is 30.6 Å². The van der Waals surface area contributed by atoms with Gasteiger partial charge in [0, 0.05) is 18.3 Å². The number of imidazole rings is 1. The Morgan fingerprint density at radius 1 is 1.00 bits per heavy atom. The number of nitrogens with zero attached hydrogens (tertiary/aromatic N) is 2. The number of aryl methyl sites for hydroxylation is 2. The summed E-state index contributed by atoms with van der Waals surface area (Å²) in [7, 11) is 0. The molecule has 0 fully saturated rings. The van der Waals surface area contributed by atoms with Crippen molar-refractivity contribution in [2.45, 2.75) is 12.8 Å². The number of aromatic nitrogens is 2. The minimum absolute atomic E-state index is 0.765. The SMILES string of the molecule is Nc1ccc2cnc(CCc3ccccc3)n2c1. The van der Waals surface area contributed by atoms with Crippen LogP contribution in [0.15, 0.2) is 54.9 Å². The van der Waals surface area contributed by atoms with Gasteiger partial charge < -0.3 is 10.1 Å². The zero-order valence-corrected chi connectivity index (χ0v) is 10.1. The zero-order valence-electron chi connectivity index (χ0n) is 10.1. The van der Waals surface area contributed by atoms with Crippen LogP contribution in [-0.2, 0) is 12.8 Å². The van der Waals surface area contributed by atoms with E-state index in [9.17, 15) is 0 Å². The summed E-state index contributed by atoms with van der Waals surface area (Å²) in [5.41, 5.74) is 9.00. The predicted molar refractivity (Wildman–Crippen MR) is 73.5 cm³/mol. The Hall–Kier alpha value is -2.29. The highest BCUT2D eigenvalue weighted by Gasteiger charge is 2.03.